The first-order chi connectivity index (χ1) is 10.6. The Kier molecular flexibility index (Phi) is 4.84. The minimum atomic E-state index is 0.760. The Labute approximate surface area is 137 Å². The molecule has 0 N–H and O–H groups in total. The third kappa shape index (κ3) is 3.36. The van der Waals surface area contributed by atoms with Crippen molar-refractivity contribution in [3.63, 3.8) is 0 Å². The number of nitrogens with zero attached hydrogens (tertiary/aromatic N) is 3. The van der Waals surface area contributed by atoms with Crippen molar-refractivity contribution in [1.82, 2.24) is 14.7 Å². The highest BCUT2D eigenvalue weighted by atomic mass is 35.5. The number of piperidine rings is 1. The van der Waals surface area contributed by atoms with E-state index in [2.05, 4.69) is 18.7 Å². The zero-order valence-electron chi connectivity index (χ0n) is 13.5. The molecular formula is C18H24ClN3. The van der Waals surface area contributed by atoms with Gasteiger partial charge in [0.2, 0.25) is 0 Å². The zero-order valence-corrected chi connectivity index (χ0v) is 14.2. The fourth-order valence-electron chi connectivity index (χ4n) is 3.32. The van der Waals surface area contributed by atoms with Gasteiger partial charge < -0.3 is 4.90 Å². The average Bonchev–Trinajstić information content (AvgIpc) is 2.82. The van der Waals surface area contributed by atoms with Gasteiger partial charge >= 0.3 is 0 Å². The van der Waals surface area contributed by atoms with E-state index < -0.39 is 0 Å². The molecular weight excluding hydrogens is 294 g/mol. The molecule has 22 heavy (non-hydrogen) atoms. The number of halogens is 1. The smallest absolute Gasteiger partial charge is 0.0649 e. The van der Waals surface area contributed by atoms with E-state index in [-0.39, 0.29) is 0 Å². The summed E-state index contributed by atoms with van der Waals surface area (Å²) in [5.74, 6) is 0. The number of hydrogen-bond donors (Lipinski definition) is 0. The third-order valence-electron chi connectivity index (χ3n) is 4.64. The van der Waals surface area contributed by atoms with Crippen molar-refractivity contribution in [2.75, 3.05) is 19.6 Å². The van der Waals surface area contributed by atoms with Crippen LogP contribution in [0.3, 0.4) is 0 Å². The molecule has 118 valence electrons. The molecule has 4 heteroatoms. The van der Waals surface area contributed by atoms with Crippen LogP contribution in [0.15, 0.2) is 24.3 Å². The number of rotatable bonds is 4. The molecule has 2 heterocycles. The summed E-state index contributed by atoms with van der Waals surface area (Å²) < 4.78 is 2.04. The van der Waals surface area contributed by atoms with Gasteiger partial charge in [-0.3, -0.25) is 0 Å². The number of likely N-dealkylation sites (tertiary alicyclic amines) is 1. The van der Waals surface area contributed by atoms with Gasteiger partial charge in [-0.15, -0.1) is 0 Å². The Balaban J connectivity index is 1.76. The summed E-state index contributed by atoms with van der Waals surface area (Å²) in [6.07, 6.45) is 5.18. The highest BCUT2D eigenvalue weighted by molar-refractivity contribution is 6.30. The van der Waals surface area contributed by atoms with E-state index in [1.165, 1.54) is 43.6 Å². The van der Waals surface area contributed by atoms with E-state index in [0.717, 1.165) is 29.4 Å². The quantitative estimate of drug-likeness (QED) is 0.844. The number of benzene rings is 1. The maximum atomic E-state index is 5.98. The molecule has 0 atom stereocenters. The van der Waals surface area contributed by atoms with Gasteiger partial charge in [0.1, 0.15) is 0 Å². The summed E-state index contributed by atoms with van der Waals surface area (Å²) >= 11 is 5.98. The van der Waals surface area contributed by atoms with E-state index in [1.807, 2.05) is 28.9 Å². The number of aryl methyl sites for hydroxylation is 1. The maximum absolute atomic E-state index is 5.98. The number of aromatic nitrogens is 2. The third-order valence-corrected chi connectivity index (χ3v) is 4.89. The van der Waals surface area contributed by atoms with Crippen LogP contribution in [0.5, 0.6) is 0 Å². The summed E-state index contributed by atoms with van der Waals surface area (Å²) in [4.78, 5) is 2.59. The molecule has 1 fully saturated rings. The van der Waals surface area contributed by atoms with Gasteiger partial charge in [0, 0.05) is 17.3 Å². The molecule has 0 radical (unpaired) electrons. The average molecular weight is 318 g/mol. The van der Waals surface area contributed by atoms with Crippen LogP contribution in [-0.2, 0) is 6.42 Å². The molecule has 1 aliphatic heterocycles. The molecule has 2 aromatic rings. The first kappa shape index (κ1) is 15.6. The zero-order chi connectivity index (χ0) is 15.5. The van der Waals surface area contributed by atoms with Crippen LogP contribution in [0.25, 0.3) is 5.69 Å². The molecule has 0 aliphatic carbocycles. The standard InChI is InChI=1S/C18H24ClN3/c1-14-18(10-13-21-11-4-3-5-12-21)15(2)22(20-14)17-8-6-16(19)7-9-17/h6-9H,3-5,10-13H2,1-2H3. The highest BCUT2D eigenvalue weighted by Gasteiger charge is 2.15. The summed E-state index contributed by atoms with van der Waals surface area (Å²) in [6.45, 7) is 7.94. The highest BCUT2D eigenvalue weighted by Crippen LogP contribution is 2.20. The predicted molar refractivity (Wildman–Crippen MR) is 92.0 cm³/mol. The molecule has 0 bridgehead atoms. The molecule has 1 aromatic carbocycles. The minimum Gasteiger partial charge on any atom is -0.303 e. The van der Waals surface area contributed by atoms with Gasteiger partial charge in [-0.1, -0.05) is 18.0 Å². The van der Waals surface area contributed by atoms with Crippen molar-refractivity contribution in [2.24, 2.45) is 0 Å². The van der Waals surface area contributed by atoms with Crippen molar-refractivity contribution in [3.8, 4) is 5.69 Å². The molecule has 0 saturated carbocycles. The van der Waals surface area contributed by atoms with Crippen molar-refractivity contribution in [2.45, 2.75) is 39.5 Å². The fourth-order valence-corrected chi connectivity index (χ4v) is 3.45. The van der Waals surface area contributed by atoms with Gasteiger partial charge in [-0.2, -0.15) is 5.10 Å². The normalized spacial score (nSPS) is 16.1. The second-order valence-corrected chi connectivity index (χ2v) is 6.63. The van der Waals surface area contributed by atoms with E-state index in [0.29, 0.717) is 0 Å². The van der Waals surface area contributed by atoms with Gasteiger partial charge in [-0.25, -0.2) is 4.68 Å². The van der Waals surface area contributed by atoms with Crippen LogP contribution < -0.4 is 0 Å². The Morgan fingerprint density at radius 2 is 1.73 bits per heavy atom. The van der Waals surface area contributed by atoms with Crippen LogP contribution in [0, 0.1) is 13.8 Å². The summed E-state index contributed by atoms with van der Waals surface area (Å²) in [7, 11) is 0. The molecule has 1 saturated heterocycles. The van der Waals surface area contributed by atoms with Crippen LogP contribution >= 0.6 is 11.6 Å². The lowest BCUT2D eigenvalue weighted by Crippen LogP contribution is -2.31. The van der Waals surface area contributed by atoms with Crippen molar-refractivity contribution >= 4 is 11.6 Å². The predicted octanol–water partition coefficient (Wildman–Crippen LogP) is 4.17. The van der Waals surface area contributed by atoms with Crippen LogP contribution in [-0.4, -0.2) is 34.3 Å². The fraction of sp³-hybridized carbons (Fsp3) is 0.500. The Hall–Kier alpha value is -1.32. The molecule has 1 aliphatic rings. The SMILES string of the molecule is Cc1nn(-c2ccc(Cl)cc2)c(C)c1CCN1CCCCC1. The van der Waals surface area contributed by atoms with E-state index in [9.17, 15) is 0 Å². The Morgan fingerprint density at radius 3 is 2.41 bits per heavy atom. The lowest BCUT2D eigenvalue weighted by Gasteiger charge is -2.26. The van der Waals surface area contributed by atoms with Crippen LogP contribution in [0.4, 0.5) is 0 Å². The largest absolute Gasteiger partial charge is 0.303 e. The first-order valence-corrected chi connectivity index (χ1v) is 8.56. The number of hydrogen-bond acceptors (Lipinski definition) is 2. The Morgan fingerprint density at radius 1 is 1.05 bits per heavy atom. The van der Waals surface area contributed by atoms with E-state index >= 15 is 0 Å². The molecule has 3 rings (SSSR count). The lowest BCUT2D eigenvalue weighted by molar-refractivity contribution is 0.231. The maximum Gasteiger partial charge on any atom is 0.0649 e. The topological polar surface area (TPSA) is 21.1 Å². The second kappa shape index (κ2) is 6.84. The molecule has 1 aromatic heterocycles. The van der Waals surface area contributed by atoms with E-state index in [1.54, 1.807) is 0 Å². The summed E-state index contributed by atoms with van der Waals surface area (Å²) in [5.41, 5.74) is 4.86. The van der Waals surface area contributed by atoms with Crippen molar-refractivity contribution in [3.05, 3.63) is 46.2 Å². The monoisotopic (exact) mass is 317 g/mol. The molecule has 0 amide bonds. The Bertz CT molecular complexity index is 625. The lowest BCUT2D eigenvalue weighted by atomic mass is 10.1. The molecule has 0 unspecified atom stereocenters. The molecule has 0 spiro atoms. The van der Waals surface area contributed by atoms with Gasteiger partial charge in [0.05, 0.1) is 11.4 Å². The minimum absolute atomic E-state index is 0.760. The van der Waals surface area contributed by atoms with Crippen molar-refractivity contribution < 1.29 is 0 Å². The van der Waals surface area contributed by atoms with Crippen molar-refractivity contribution in [1.29, 1.82) is 0 Å². The summed E-state index contributed by atoms with van der Waals surface area (Å²) in [6, 6.07) is 7.88. The van der Waals surface area contributed by atoms with Crippen LogP contribution in [0.2, 0.25) is 5.02 Å². The van der Waals surface area contributed by atoms with Gasteiger partial charge in [0.15, 0.2) is 0 Å². The molecule has 3 nitrogen and oxygen atoms in total. The summed E-state index contributed by atoms with van der Waals surface area (Å²) in [5, 5.41) is 5.49. The van der Waals surface area contributed by atoms with Gasteiger partial charge in [-0.05, 0) is 76.0 Å². The second-order valence-electron chi connectivity index (χ2n) is 6.19. The van der Waals surface area contributed by atoms with Crippen LogP contribution in [0.1, 0.15) is 36.2 Å². The van der Waals surface area contributed by atoms with Gasteiger partial charge in [0.25, 0.3) is 0 Å². The first-order valence-electron chi connectivity index (χ1n) is 8.18. The van der Waals surface area contributed by atoms with E-state index in [4.69, 9.17) is 16.7 Å².